The minimum absolute atomic E-state index is 0.105. The van der Waals surface area contributed by atoms with E-state index in [1.807, 2.05) is 31.2 Å². The van der Waals surface area contributed by atoms with Gasteiger partial charge in [-0.15, -0.1) is 0 Å². The minimum atomic E-state index is -0.836. The van der Waals surface area contributed by atoms with Gasteiger partial charge in [0.1, 0.15) is 11.6 Å². The molecule has 2 heterocycles. The van der Waals surface area contributed by atoms with Crippen molar-refractivity contribution < 1.29 is 18.1 Å². The molecule has 0 bridgehead atoms. The first-order chi connectivity index (χ1) is 14.0. The molecule has 1 unspecified atom stereocenters. The van der Waals surface area contributed by atoms with Crippen molar-refractivity contribution in [2.75, 3.05) is 13.1 Å². The molecule has 1 fully saturated rings. The number of carbonyl (C=O) groups excluding carboxylic acids is 1. The molecule has 5 nitrogen and oxygen atoms in total. The van der Waals surface area contributed by atoms with E-state index in [9.17, 15) is 13.6 Å². The number of aryl methyl sites for hydroxylation is 1. The highest BCUT2D eigenvalue weighted by Gasteiger charge is 2.27. The summed E-state index contributed by atoms with van der Waals surface area (Å²) in [7, 11) is 0. The number of carbonyl (C=O) groups is 1. The van der Waals surface area contributed by atoms with Crippen molar-refractivity contribution in [2.24, 2.45) is 5.92 Å². The van der Waals surface area contributed by atoms with E-state index in [-0.39, 0.29) is 11.5 Å². The number of amides is 1. The Balaban J connectivity index is 1.44. The van der Waals surface area contributed by atoms with Crippen LogP contribution in [-0.4, -0.2) is 34.0 Å². The smallest absolute Gasteiger partial charge is 0.256 e. The number of aromatic nitrogens is 2. The molecule has 0 N–H and O–H groups in total. The lowest BCUT2D eigenvalue weighted by atomic mass is 9.94. The van der Waals surface area contributed by atoms with Crippen molar-refractivity contribution >= 4 is 5.91 Å². The van der Waals surface area contributed by atoms with Gasteiger partial charge in [0.05, 0.1) is 5.56 Å². The van der Waals surface area contributed by atoms with E-state index >= 15 is 0 Å². The summed E-state index contributed by atoms with van der Waals surface area (Å²) in [5, 5.41) is 4.08. The molecule has 1 amide bonds. The highest BCUT2D eigenvalue weighted by Crippen LogP contribution is 2.25. The maximum atomic E-state index is 14.0. The topological polar surface area (TPSA) is 59.2 Å². The molecular weight excluding hydrogens is 376 g/mol. The van der Waals surface area contributed by atoms with E-state index in [0.29, 0.717) is 31.2 Å². The van der Waals surface area contributed by atoms with Crippen LogP contribution < -0.4 is 0 Å². The molecule has 0 aliphatic carbocycles. The highest BCUT2D eigenvalue weighted by atomic mass is 19.1. The number of rotatable bonds is 4. The molecule has 1 aromatic heterocycles. The molecule has 3 aromatic rings. The van der Waals surface area contributed by atoms with Crippen LogP contribution in [0.2, 0.25) is 0 Å². The summed E-state index contributed by atoms with van der Waals surface area (Å²) in [4.78, 5) is 18.8. The number of hydrogen-bond donors (Lipinski definition) is 0. The van der Waals surface area contributed by atoms with Crippen LogP contribution in [0, 0.1) is 24.5 Å². The quantitative estimate of drug-likeness (QED) is 0.654. The molecular formula is C22H21F2N3O2. The van der Waals surface area contributed by atoms with E-state index < -0.39 is 17.5 Å². The number of nitrogens with zero attached hydrogens (tertiary/aromatic N) is 3. The third-order valence-electron chi connectivity index (χ3n) is 5.29. The van der Waals surface area contributed by atoms with Crippen molar-refractivity contribution in [2.45, 2.75) is 26.2 Å². The molecule has 29 heavy (non-hydrogen) atoms. The SMILES string of the molecule is Cc1ccccc1-c1noc(CC2CCCN(C(=O)c3ccc(F)cc3F)C2)n1. The van der Waals surface area contributed by atoms with E-state index in [4.69, 9.17) is 4.52 Å². The van der Waals surface area contributed by atoms with Gasteiger partial charge in [0, 0.05) is 31.1 Å². The van der Waals surface area contributed by atoms with Gasteiger partial charge in [-0.25, -0.2) is 8.78 Å². The van der Waals surface area contributed by atoms with Gasteiger partial charge >= 0.3 is 0 Å². The Kier molecular flexibility index (Phi) is 5.38. The van der Waals surface area contributed by atoms with E-state index in [2.05, 4.69) is 10.1 Å². The van der Waals surface area contributed by atoms with Crippen LogP contribution in [0.15, 0.2) is 47.0 Å². The first-order valence-electron chi connectivity index (χ1n) is 9.64. The van der Waals surface area contributed by atoms with Crippen molar-refractivity contribution in [3.05, 3.63) is 71.1 Å². The Morgan fingerprint density at radius 2 is 2.07 bits per heavy atom. The third kappa shape index (κ3) is 4.18. The Morgan fingerprint density at radius 1 is 1.24 bits per heavy atom. The molecule has 2 aromatic carbocycles. The summed E-state index contributed by atoms with van der Waals surface area (Å²) >= 11 is 0. The fourth-order valence-electron chi connectivity index (χ4n) is 3.77. The van der Waals surface area contributed by atoms with Gasteiger partial charge in [-0.05, 0) is 43.4 Å². The summed E-state index contributed by atoms with van der Waals surface area (Å²) in [6.07, 6.45) is 2.27. The molecule has 1 aliphatic rings. The summed E-state index contributed by atoms with van der Waals surface area (Å²) in [5.41, 5.74) is 1.89. The highest BCUT2D eigenvalue weighted by molar-refractivity contribution is 5.94. The van der Waals surface area contributed by atoms with Crippen LogP contribution in [-0.2, 0) is 6.42 Å². The van der Waals surface area contributed by atoms with Crippen molar-refractivity contribution in [1.82, 2.24) is 15.0 Å². The maximum Gasteiger partial charge on any atom is 0.256 e. The van der Waals surface area contributed by atoms with Crippen LogP contribution in [0.5, 0.6) is 0 Å². The van der Waals surface area contributed by atoms with Crippen molar-refractivity contribution in [3.8, 4) is 11.4 Å². The predicted molar refractivity (Wildman–Crippen MR) is 103 cm³/mol. The van der Waals surface area contributed by atoms with Gasteiger partial charge in [-0.3, -0.25) is 4.79 Å². The largest absolute Gasteiger partial charge is 0.339 e. The van der Waals surface area contributed by atoms with Crippen LogP contribution >= 0.6 is 0 Å². The van der Waals surface area contributed by atoms with E-state index in [0.717, 1.165) is 36.1 Å². The van der Waals surface area contributed by atoms with Gasteiger partial charge < -0.3 is 9.42 Å². The summed E-state index contributed by atoms with van der Waals surface area (Å²) in [5.74, 6) is -0.737. The second-order valence-electron chi connectivity index (χ2n) is 7.41. The molecule has 1 saturated heterocycles. The van der Waals surface area contributed by atoms with Crippen LogP contribution in [0.3, 0.4) is 0 Å². The zero-order valence-corrected chi connectivity index (χ0v) is 16.1. The zero-order valence-electron chi connectivity index (χ0n) is 16.1. The molecule has 0 spiro atoms. The van der Waals surface area contributed by atoms with Gasteiger partial charge in [0.2, 0.25) is 11.7 Å². The maximum absolute atomic E-state index is 14.0. The molecule has 0 saturated carbocycles. The monoisotopic (exact) mass is 397 g/mol. The average molecular weight is 397 g/mol. The molecule has 1 atom stereocenters. The lowest BCUT2D eigenvalue weighted by Crippen LogP contribution is -2.40. The van der Waals surface area contributed by atoms with Crippen LogP contribution in [0.1, 0.15) is 34.7 Å². The number of hydrogen-bond acceptors (Lipinski definition) is 4. The van der Waals surface area contributed by atoms with Gasteiger partial charge in [0.25, 0.3) is 5.91 Å². The number of likely N-dealkylation sites (tertiary alicyclic amines) is 1. The second kappa shape index (κ2) is 8.11. The minimum Gasteiger partial charge on any atom is -0.339 e. The fraction of sp³-hybridized carbons (Fsp3) is 0.318. The lowest BCUT2D eigenvalue weighted by Gasteiger charge is -2.32. The fourth-order valence-corrected chi connectivity index (χ4v) is 3.77. The Bertz CT molecular complexity index is 1030. The van der Waals surface area contributed by atoms with E-state index in [1.165, 1.54) is 6.07 Å². The van der Waals surface area contributed by atoms with Crippen molar-refractivity contribution in [1.29, 1.82) is 0 Å². The summed E-state index contributed by atoms with van der Waals surface area (Å²) < 4.78 is 32.5. The standard InChI is InChI=1S/C22H21F2N3O2/c1-14-5-2-3-7-17(14)21-25-20(29-26-21)11-15-6-4-10-27(13-15)22(28)18-9-8-16(23)12-19(18)24/h2-3,5,7-9,12,15H,4,6,10-11,13H2,1H3. The molecule has 4 rings (SSSR count). The Labute approximate surface area is 167 Å². The molecule has 7 heteroatoms. The van der Waals surface area contributed by atoms with Gasteiger partial charge in [-0.1, -0.05) is 29.4 Å². The number of benzene rings is 2. The van der Waals surface area contributed by atoms with Gasteiger partial charge in [-0.2, -0.15) is 4.98 Å². The third-order valence-corrected chi connectivity index (χ3v) is 5.29. The molecule has 0 radical (unpaired) electrons. The van der Waals surface area contributed by atoms with Crippen molar-refractivity contribution in [3.63, 3.8) is 0 Å². The first kappa shape index (κ1) is 19.2. The lowest BCUT2D eigenvalue weighted by molar-refractivity contribution is 0.0663. The summed E-state index contributed by atoms with van der Waals surface area (Å²) in [6, 6.07) is 10.9. The normalized spacial score (nSPS) is 16.8. The Morgan fingerprint density at radius 3 is 2.86 bits per heavy atom. The first-order valence-corrected chi connectivity index (χ1v) is 9.64. The van der Waals surface area contributed by atoms with E-state index in [1.54, 1.807) is 4.90 Å². The second-order valence-corrected chi connectivity index (χ2v) is 7.41. The predicted octanol–water partition coefficient (Wildman–Crippen LogP) is 4.42. The number of piperidine rings is 1. The summed E-state index contributed by atoms with van der Waals surface area (Å²) in [6.45, 7) is 3.01. The van der Waals surface area contributed by atoms with Crippen LogP contribution in [0.4, 0.5) is 8.78 Å². The average Bonchev–Trinajstić information content (AvgIpc) is 3.16. The Hall–Kier alpha value is -3.09. The van der Waals surface area contributed by atoms with Crippen LogP contribution in [0.25, 0.3) is 11.4 Å². The molecule has 150 valence electrons. The zero-order chi connectivity index (χ0) is 20.4. The van der Waals surface area contributed by atoms with Gasteiger partial charge in [0.15, 0.2) is 0 Å². The number of halogens is 2. The molecule has 1 aliphatic heterocycles.